The molecule has 0 fully saturated rings. The Morgan fingerprint density at radius 1 is 0.758 bits per heavy atom. The summed E-state index contributed by atoms with van der Waals surface area (Å²) in [5.41, 5.74) is -11.1. The SMILES string of the molecule is N#Cc1ccc(-c2c(Br)cc(OC(F)(F)F)cc2C(F)(C(F)(F)F)C(F)(F)C(F)(F)F)cc1. The van der Waals surface area contributed by atoms with Crippen LogP contribution in [0.2, 0.25) is 0 Å². The Bertz CT molecular complexity index is 1070. The van der Waals surface area contributed by atoms with Crippen molar-refractivity contribution in [2.45, 2.75) is 30.3 Å². The molecule has 0 heterocycles. The standard InChI is InChI=1S/C18H6BrF12NO/c19-12-6-10(33-18(29,30)31)5-11(13(12)9-3-1-8(7-32)2-4-9)14(20,16(23,24)25)15(21,22)17(26,27)28/h1-6H. The van der Waals surface area contributed by atoms with E-state index in [-0.39, 0.29) is 5.56 Å². The highest BCUT2D eigenvalue weighted by molar-refractivity contribution is 9.10. The van der Waals surface area contributed by atoms with Crippen LogP contribution in [0.1, 0.15) is 11.1 Å². The molecule has 33 heavy (non-hydrogen) atoms. The van der Waals surface area contributed by atoms with Crippen LogP contribution in [0.15, 0.2) is 40.9 Å². The number of hydrogen-bond donors (Lipinski definition) is 0. The molecular formula is C18H6BrF12NO. The topological polar surface area (TPSA) is 33.0 Å². The molecule has 15 heteroatoms. The summed E-state index contributed by atoms with van der Waals surface area (Å²) in [5.74, 6) is -8.85. The highest BCUT2D eigenvalue weighted by atomic mass is 79.9. The molecule has 2 rings (SSSR count). The van der Waals surface area contributed by atoms with Crippen LogP contribution in [0, 0.1) is 11.3 Å². The lowest BCUT2D eigenvalue weighted by Crippen LogP contribution is -2.60. The number of nitriles is 1. The van der Waals surface area contributed by atoms with Gasteiger partial charge in [0.1, 0.15) is 5.75 Å². The maximum absolute atomic E-state index is 15.2. The van der Waals surface area contributed by atoms with Crippen LogP contribution < -0.4 is 4.74 Å². The summed E-state index contributed by atoms with van der Waals surface area (Å²) in [6.07, 6.45) is -19.7. The third-order valence-corrected chi connectivity index (χ3v) is 4.78. The fourth-order valence-electron chi connectivity index (χ4n) is 2.75. The van der Waals surface area contributed by atoms with Crippen molar-refractivity contribution >= 4 is 15.9 Å². The van der Waals surface area contributed by atoms with E-state index < -0.39 is 63.3 Å². The van der Waals surface area contributed by atoms with Gasteiger partial charge in [-0.15, -0.1) is 13.2 Å². The van der Waals surface area contributed by atoms with E-state index in [0.717, 1.165) is 24.3 Å². The third-order valence-electron chi connectivity index (χ3n) is 4.15. The van der Waals surface area contributed by atoms with Gasteiger partial charge in [0, 0.05) is 15.6 Å². The second-order valence-corrected chi connectivity index (χ2v) is 7.15. The maximum Gasteiger partial charge on any atom is 0.573 e. The normalized spacial score (nSPS) is 15.0. The molecule has 0 aliphatic heterocycles. The highest BCUT2D eigenvalue weighted by Gasteiger charge is 2.82. The van der Waals surface area contributed by atoms with Gasteiger partial charge in [0.05, 0.1) is 11.6 Å². The number of benzene rings is 2. The summed E-state index contributed by atoms with van der Waals surface area (Å²) < 4.78 is 163. The van der Waals surface area contributed by atoms with Gasteiger partial charge in [-0.05, 0) is 29.8 Å². The van der Waals surface area contributed by atoms with Gasteiger partial charge in [-0.3, -0.25) is 0 Å². The Hall–Kier alpha value is -2.63. The van der Waals surface area contributed by atoms with Crippen molar-refractivity contribution in [3.63, 3.8) is 0 Å². The minimum Gasteiger partial charge on any atom is -0.406 e. The lowest BCUT2D eigenvalue weighted by atomic mass is 9.82. The molecular weight excluding hydrogens is 554 g/mol. The minimum atomic E-state index is -7.14. The van der Waals surface area contributed by atoms with Crippen LogP contribution in [0.4, 0.5) is 52.7 Å². The number of ether oxygens (including phenoxy) is 1. The van der Waals surface area contributed by atoms with Crippen molar-refractivity contribution in [3.05, 3.63) is 52.0 Å². The van der Waals surface area contributed by atoms with Gasteiger partial charge < -0.3 is 4.74 Å². The quantitative estimate of drug-likeness (QED) is 0.358. The van der Waals surface area contributed by atoms with Crippen molar-refractivity contribution in [1.82, 2.24) is 0 Å². The molecule has 0 radical (unpaired) electrons. The fraction of sp³-hybridized carbons (Fsp3) is 0.278. The van der Waals surface area contributed by atoms with Crippen LogP contribution in [-0.4, -0.2) is 24.6 Å². The lowest BCUT2D eigenvalue weighted by Gasteiger charge is -2.37. The predicted molar refractivity (Wildman–Crippen MR) is 90.8 cm³/mol. The molecule has 0 saturated heterocycles. The van der Waals surface area contributed by atoms with Gasteiger partial charge in [-0.25, -0.2) is 4.39 Å². The molecule has 0 saturated carbocycles. The van der Waals surface area contributed by atoms with Crippen molar-refractivity contribution in [1.29, 1.82) is 5.26 Å². The van der Waals surface area contributed by atoms with E-state index in [1.54, 1.807) is 6.07 Å². The fourth-order valence-corrected chi connectivity index (χ4v) is 3.41. The average molecular weight is 560 g/mol. The summed E-state index contributed by atoms with van der Waals surface area (Å²) in [6, 6.07) is 4.70. The summed E-state index contributed by atoms with van der Waals surface area (Å²) in [6.45, 7) is 0. The minimum absolute atomic E-state index is 0.128. The Balaban J connectivity index is 3.03. The first-order chi connectivity index (χ1) is 14.8. The summed E-state index contributed by atoms with van der Waals surface area (Å²) in [5, 5.41) is 8.77. The first-order valence-electron chi connectivity index (χ1n) is 8.06. The van der Waals surface area contributed by atoms with Gasteiger partial charge >= 0.3 is 30.3 Å². The largest absolute Gasteiger partial charge is 0.573 e. The zero-order valence-electron chi connectivity index (χ0n) is 15.2. The molecule has 1 unspecified atom stereocenters. The second-order valence-electron chi connectivity index (χ2n) is 6.29. The molecule has 0 spiro atoms. The smallest absolute Gasteiger partial charge is 0.406 e. The first-order valence-corrected chi connectivity index (χ1v) is 8.86. The lowest BCUT2D eigenvalue weighted by molar-refractivity contribution is -0.389. The molecule has 2 aromatic carbocycles. The number of hydrogen-bond acceptors (Lipinski definition) is 2. The van der Waals surface area contributed by atoms with E-state index in [0.29, 0.717) is 6.07 Å². The van der Waals surface area contributed by atoms with E-state index in [1.807, 2.05) is 0 Å². The molecule has 2 aromatic rings. The Morgan fingerprint density at radius 3 is 1.67 bits per heavy atom. The van der Waals surface area contributed by atoms with Gasteiger partial charge in [0.25, 0.3) is 0 Å². The first kappa shape index (κ1) is 26.6. The molecule has 0 amide bonds. The molecule has 0 aromatic heterocycles. The molecule has 180 valence electrons. The Morgan fingerprint density at radius 2 is 1.27 bits per heavy atom. The zero-order chi connectivity index (χ0) is 25.6. The Labute approximate surface area is 184 Å². The number of halogens is 13. The van der Waals surface area contributed by atoms with E-state index in [1.165, 1.54) is 0 Å². The molecule has 0 N–H and O–H groups in total. The number of nitrogens with zero attached hydrogens (tertiary/aromatic N) is 1. The summed E-state index contributed by atoms with van der Waals surface area (Å²) in [4.78, 5) is 0. The summed E-state index contributed by atoms with van der Waals surface area (Å²) >= 11 is 2.48. The molecule has 2 nitrogen and oxygen atoms in total. The van der Waals surface area contributed by atoms with Crippen molar-refractivity contribution in [2.24, 2.45) is 0 Å². The molecule has 0 bridgehead atoms. The van der Waals surface area contributed by atoms with E-state index >= 15 is 4.39 Å². The second kappa shape index (κ2) is 8.30. The van der Waals surface area contributed by atoms with Crippen LogP contribution in [0.25, 0.3) is 11.1 Å². The van der Waals surface area contributed by atoms with Crippen LogP contribution >= 0.6 is 15.9 Å². The Kier molecular flexibility index (Phi) is 6.69. The predicted octanol–water partition coefficient (Wildman–Crippen LogP) is 7.81. The molecule has 0 aliphatic rings. The number of rotatable bonds is 4. The third kappa shape index (κ3) is 4.85. The maximum atomic E-state index is 15.2. The molecule has 1 atom stereocenters. The van der Waals surface area contributed by atoms with E-state index in [2.05, 4.69) is 20.7 Å². The van der Waals surface area contributed by atoms with Crippen LogP contribution in [0.3, 0.4) is 0 Å². The monoisotopic (exact) mass is 559 g/mol. The van der Waals surface area contributed by atoms with Gasteiger partial charge in [-0.1, -0.05) is 28.1 Å². The van der Waals surface area contributed by atoms with Crippen molar-refractivity contribution in [2.75, 3.05) is 0 Å². The van der Waals surface area contributed by atoms with Gasteiger partial charge in [0.15, 0.2) is 0 Å². The number of alkyl halides is 12. The van der Waals surface area contributed by atoms with Crippen LogP contribution in [-0.2, 0) is 5.67 Å². The van der Waals surface area contributed by atoms with Gasteiger partial charge in [0.2, 0.25) is 0 Å². The highest BCUT2D eigenvalue weighted by Crippen LogP contribution is 2.60. The average Bonchev–Trinajstić information content (AvgIpc) is 2.63. The van der Waals surface area contributed by atoms with E-state index in [4.69, 9.17) is 5.26 Å². The van der Waals surface area contributed by atoms with Crippen molar-refractivity contribution < 1.29 is 57.4 Å². The zero-order valence-corrected chi connectivity index (χ0v) is 16.8. The van der Waals surface area contributed by atoms with E-state index in [9.17, 15) is 48.3 Å². The van der Waals surface area contributed by atoms with Crippen LogP contribution in [0.5, 0.6) is 5.75 Å². The van der Waals surface area contributed by atoms with Crippen molar-refractivity contribution in [3.8, 4) is 22.9 Å². The van der Waals surface area contributed by atoms with Gasteiger partial charge in [-0.2, -0.15) is 40.4 Å². The molecule has 0 aliphatic carbocycles. The summed E-state index contributed by atoms with van der Waals surface area (Å²) in [7, 11) is 0.